The second kappa shape index (κ2) is 5.99. The number of aryl methyl sites for hydroxylation is 1. The molecule has 2 nitrogen and oxygen atoms in total. The van der Waals surface area contributed by atoms with Crippen molar-refractivity contribution in [2.24, 2.45) is 0 Å². The molecular formula is C16H13F3O2. The average molecular weight is 294 g/mol. The van der Waals surface area contributed by atoms with E-state index in [0.29, 0.717) is 0 Å². The molecule has 0 saturated carbocycles. The van der Waals surface area contributed by atoms with Gasteiger partial charge in [-0.05, 0) is 30.2 Å². The van der Waals surface area contributed by atoms with E-state index >= 15 is 0 Å². The van der Waals surface area contributed by atoms with Crippen LogP contribution in [0.2, 0.25) is 0 Å². The summed E-state index contributed by atoms with van der Waals surface area (Å²) in [4.78, 5) is 11.4. The summed E-state index contributed by atoms with van der Waals surface area (Å²) in [6.07, 6.45) is -4.91. The molecule has 2 aromatic rings. The molecule has 0 atom stereocenters. The lowest BCUT2D eigenvalue weighted by Gasteiger charge is -2.13. The number of ketones is 1. The van der Waals surface area contributed by atoms with Crippen molar-refractivity contribution in [1.29, 1.82) is 0 Å². The molecule has 0 aliphatic heterocycles. The number of alkyl halides is 3. The van der Waals surface area contributed by atoms with Crippen molar-refractivity contribution < 1.29 is 22.7 Å². The molecule has 0 radical (unpaired) electrons. The summed E-state index contributed by atoms with van der Waals surface area (Å²) >= 11 is 0. The predicted octanol–water partition coefficient (Wildman–Crippen LogP) is 4.32. The highest BCUT2D eigenvalue weighted by Gasteiger charge is 2.40. The third-order valence-electron chi connectivity index (χ3n) is 3.03. The highest BCUT2D eigenvalue weighted by molar-refractivity contribution is 6.02. The Kier molecular flexibility index (Phi) is 4.31. The number of Topliss-reactive ketones (excluding diaryl/α,β-unsaturated/α-hetero) is 1. The van der Waals surface area contributed by atoms with Crippen molar-refractivity contribution in [3.05, 3.63) is 65.2 Å². The zero-order valence-electron chi connectivity index (χ0n) is 11.3. The maximum Gasteiger partial charge on any atom is 0.455 e. The lowest BCUT2D eigenvalue weighted by Crippen LogP contribution is -2.23. The van der Waals surface area contributed by atoms with Crippen LogP contribution >= 0.6 is 0 Å². The van der Waals surface area contributed by atoms with Gasteiger partial charge in [-0.1, -0.05) is 36.4 Å². The predicted molar refractivity (Wildman–Crippen MR) is 72.3 cm³/mol. The second-order valence-corrected chi connectivity index (χ2v) is 4.54. The molecule has 0 N–H and O–H groups in total. The minimum atomic E-state index is -4.91. The maximum atomic E-state index is 12.5. The third kappa shape index (κ3) is 3.62. The van der Waals surface area contributed by atoms with Crippen molar-refractivity contribution in [2.45, 2.75) is 19.7 Å². The van der Waals surface area contributed by atoms with Crippen molar-refractivity contribution in [2.75, 3.05) is 0 Å². The monoisotopic (exact) mass is 294 g/mol. The van der Waals surface area contributed by atoms with E-state index in [4.69, 9.17) is 4.74 Å². The van der Waals surface area contributed by atoms with Crippen LogP contribution in [0.1, 0.15) is 21.5 Å². The van der Waals surface area contributed by atoms with Crippen molar-refractivity contribution in [3.8, 4) is 5.75 Å². The number of ether oxygens (including phenoxy) is 1. The van der Waals surface area contributed by atoms with Gasteiger partial charge in [-0.2, -0.15) is 13.2 Å². The summed E-state index contributed by atoms with van der Waals surface area (Å²) in [5.74, 6) is -1.97. The minimum Gasteiger partial charge on any atom is -0.488 e. The summed E-state index contributed by atoms with van der Waals surface area (Å²) in [7, 11) is 0. The van der Waals surface area contributed by atoms with Crippen LogP contribution in [0, 0.1) is 6.92 Å². The van der Waals surface area contributed by atoms with Crippen LogP contribution in [0.4, 0.5) is 13.2 Å². The van der Waals surface area contributed by atoms with Crippen LogP contribution in [0.3, 0.4) is 0 Å². The second-order valence-electron chi connectivity index (χ2n) is 4.54. The summed E-state index contributed by atoms with van der Waals surface area (Å²) in [5, 5.41) is 0. The Hall–Kier alpha value is -2.30. The molecular weight excluding hydrogens is 281 g/mol. The van der Waals surface area contributed by atoms with Gasteiger partial charge in [0.05, 0.1) is 5.56 Å². The SMILES string of the molecule is Cc1ccccc1COc1ccccc1C(=O)C(F)(F)F. The lowest BCUT2D eigenvalue weighted by atomic mass is 10.1. The largest absolute Gasteiger partial charge is 0.488 e. The molecule has 0 saturated heterocycles. The van der Waals surface area contributed by atoms with Crippen LogP contribution in [0.25, 0.3) is 0 Å². The van der Waals surface area contributed by atoms with Gasteiger partial charge in [0.15, 0.2) is 0 Å². The Morgan fingerprint density at radius 1 is 1.05 bits per heavy atom. The fourth-order valence-electron chi connectivity index (χ4n) is 1.86. The first-order valence-corrected chi connectivity index (χ1v) is 6.27. The number of carbonyl (C=O) groups is 1. The van der Waals surface area contributed by atoms with Crippen LogP contribution in [0.15, 0.2) is 48.5 Å². The van der Waals surface area contributed by atoms with Crippen molar-refractivity contribution in [1.82, 2.24) is 0 Å². The van der Waals surface area contributed by atoms with Gasteiger partial charge in [0.25, 0.3) is 5.78 Å². The zero-order valence-corrected chi connectivity index (χ0v) is 11.3. The highest BCUT2D eigenvalue weighted by Crippen LogP contribution is 2.28. The summed E-state index contributed by atoms with van der Waals surface area (Å²) in [5.41, 5.74) is 1.35. The standard InChI is InChI=1S/C16H13F3O2/c1-11-6-2-3-7-12(11)10-21-14-9-5-4-8-13(14)15(20)16(17,18)19/h2-9H,10H2,1H3. The van der Waals surface area contributed by atoms with E-state index in [1.54, 1.807) is 0 Å². The summed E-state index contributed by atoms with van der Waals surface area (Å²) < 4.78 is 43.0. The normalized spacial score (nSPS) is 11.2. The Morgan fingerprint density at radius 2 is 1.67 bits per heavy atom. The molecule has 0 fully saturated rings. The molecule has 5 heteroatoms. The van der Waals surface area contributed by atoms with E-state index < -0.39 is 17.5 Å². The number of hydrogen-bond donors (Lipinski definition) is 0. The van der Waals surface area contributed by atoms with Crippen LogP contribution in [0.5, 0.6) is 5.75 Å². The van der Waals surface area contributed by atoms with Gasteiger partial charge >= 0.3 is 6.18 Å². The Balaban J connectivity index is 2.22. The molecule has 0 aromatic heterocycles. The quantitative estimate of drug-likeness (QED) is 0.785. The Bertz CT molecular complexity index is 648. The molecule has 0 aliphatic rings. The molecule has 2 rings (SSSR count). The first kappa shape index (κ1) is 15.1. The van der Waals surface area contributed by atoms with E-state index in [9.17, 15) is 18.0 Å². The minimum absolute atomic E-state index is 0.0666. The van der Waals surface area contributed by atoms with Gasteiger partial charge in [-0.3, -0.25) is 4.79 Å². The Labute approximate surface area is 120 Å². The van der Waals surface area contributed by atoms with Gasteiger partial charge in [-0.25, -0.2) is 0 Å². The molecule has 2 aromatic carbocycles. The third-order valence-corrected chi connectivity index (χ3v) is 3.03. The Morgan fingerprint density at radius 3 is 2.33 bits per heavy atom. The molecule has 0 spiro atoms. The number of para-hydroxylation sites is 1. The number of carbonyl (C=O) groups excluding carboxylic acids is 1. The fraction of sp³-hybridized carbons (Fsp3) is 0.188. The van der Waals surface area contributed by atoms with E-state index in [1.807, 2.05) is 31.2 Å². The molecule has 0 amide bonds. The van der Waals surface area contributed by atoms with E-state index in [1.165, 1.54) is 18.2 Å². The molecule has 0 bridgehead atoms. The van der Waals surface area contributed by atoms with Gasteiger partial charge < -0.3 is 4.74 Å². The highest BCUT2D eigenvalue weighted by atomic mass is 19.4. The molecule has 0 aliphatic carbocycles. The number of benzene rings is 2. The van der Waals surface area contributed by atoms with E-state index in [-0.39, 0.29) is 12.4 Å². The van der Waals surface area contributed by atoms with Gasteiger partial charge in [0, 0.05) is 0 Å². The molecule has 110 valence electrons. The maximum absolute atomic E-state index is 12.5. The number of hydrogen-bond acceptors (Lipinski definition) is 2. The molecule has 21 heavy (non-hydrogen) atoms. The summed E-state index contributed by atoms with van der Waals surface area (Å²) in [6.45, 7) is 1.99. The molecule has 0 unspecified atom stereocenters. The summed E-state index contributed by atoms with van der Waals surface area (Å²) in [6, 6.07) is 12.8. The number of rotatable bonds is 4. The fourth-order valence-corrected chi connectivity index (χ4v) is 1.86. The van der Waals surface area contributed by atoms with Gasteiger partial charge in [0.1, 0.15) is 12.4 Å². The van der Waals surface area contributed by atoms with Crippen LogP contribution in [-0.2, 0) is 6.61 Å². The van der Waals surface area contributed by atoms with Crippen molar-refractivity contribution in [3.63, 3.8) is 0 Å². The topological polar surface area (TPSA) is 26.3 Å². The van der Waals surface area contributed by atoms with E-state index in [0.717, 1.165) is 17.2 Å². The first-order valence-electron chi connectivity index (χ1n) is 6.27. The molecule has 0 heterocycles. The first-order chi connectivity index (χ1) is 9.89. The zero-order chi connectivity index (χ0) is 15.5. The average Bonchev–Trinajstić information content (AvgIpc) is 2.45. The number of halogens is 3. The van der Waals surface area contributed by atoms with Crippen LogP contribution in [-0.4, -0.2) is 12.0 Å². The van der Waals surface area contributed by atoms with Crippen molar-refractivity contribution >= 4 is 5.78 Å². The smallest absolute Gasteiger partial charge is 0.455 e. The van der Waals surface area contributed by atoms with Crippen LogP contribution < -0.4 is 4.74 Å². The van der Waals surface area contributed by atoms with E-state index in [2.05, 4.69) is 0 Å². The van der Waals surface area contributed by atoms with Gasteiger partial charge in [0.2, 0.25) is 0 Å². The lowest BCUT2D eigenvalue weighted by molar-refractivity contribution is -0.0886. The van der Waals surface area contributed by atoms with Gasteiger partial charge in [-0.15, -0.1) is 0 Å².